The molecule has 0 radical (unpaired) electrons. The summed E-state index contributed by atoms with van der Waals surface area (Å²) in [6.07, 6.45) is -2.84. The quantitative estimate of drug-likeness (QED) is 0.853. The summed E-state index contributed by atoms with van der Waals surface area (Å²) in [4.78, 5) is 11.0. The van der Waals surface area contributed by atoms with Gasteiger partial charge in [0.1, 0.15) is 0 Å². The third-order valence-electron chi connectivity index (χ3n) is 2.70. The van der Waals surface area contributed by atoms with Crippen LogP contribution < -0.4 is 5.32 Å². The van der Waals surface area contributed by atoms with E-state index in [9.17, 15) is 18.0 Å². The number of rotatable bonds is 5. The van der Waals surface area contributed by atoms with E-state index in [1.807, 2.05) is 13.8 Å². The maximum atomic E-state index is 12.5. The van der Waals surface area contributed by atoms with Crippen LogP contribution in [0.1, 0.15) is 42.6 Å². The Morgan fingerprint density at radius 2 is 2.05 bits per heavy atom. The van der Waals surface area contributed by atoms with Gasteiger partial charge in [0.05, 0.1) is 11.1 Å². The summed E-state index contributed by atoms with van der Waals surface area (Å²) in [5.74, 6) is -1.38. The Bertz CT molecular complexity index is 458. The SMILES string of the molecule is CCCC(C)Nc1ccc(C(F)(F)F)cc1C(=O)O. The molecule has 2 N–H and O–H groups in total. The molecule has 0 aromatic heterocycles. The van der Waals surface area contributed by atoms with E-state index in [-0.39, 0.29) is 17.3 Å². The van der Waals surface area contributed by atoms with Crippen LogP contribution in [0.2, 0.25) is 0 Å². The molecule has 3 nitrogen and oxygen atoms in total. The lowest BCUT2D eigenvalue weighted by atomic mass is 10.1. The zero-order valence-electron chi connectivity index (χ0n) is 10.7. The van der Waals surface area contributed by atoms with Crippen LogP contribution in [0, 0.1) is 0 Å². The maximum Gasteiger partial charge on any atom is 0.416 e. The second-order valence-electron chi connectivity index (χ2n) is 4.40. The highest BCUT2D eigenvalue weighted by atomic mass is 19.4. The third-order valence-corrected chi connectivity index (χ3v) is 2.70. The first-order valence-electron chi connectivity index (χ1n) is 5.96. The molecule has 1 aromatic carbocycles. The smallest absolute Gasteiger partial charge is 0.416 e. The molecule has 0 fully saturated rings. The highest BCUT2D eigenvalue weighted by molar-refractivity contribution is 5.94. The van der Waals surface area contributed by atoms with Crippen LogP contribution in [0.25, 0.3) is 0 Å². The van der Waals surface area contributed by atoms with E-state index in [0.717, 1.165) is 18.9 Å². The number of anilines is 1. The van der Waals surface area contributed by atoms with Gasteiger partial charge in [-0.05, 0) is 31.5 Å². The molecule has 0 saturated heterocycles. The van der Waals surface area contributed by atoms with Gasteiger partial charge in [-0.1, -0.05) is 13.3 Å². The molecule has 0 spiro atoms. The summed E-state index contributed by atoms with van der Waals surface area (Å²) < 4.78 is 37.6. The fraction of sp³-hybridized carbons (Fsp3) is 0.462. The molecule has 0 heterocycles. The summed E-state index contributed by atoms with van der Waals surface area (Å²) in [6.45, 7) is 3.83. The Kier molecular flexibility index (Phi) is 4.80. The number of carboxylic acids is 1. The van der Waals surface area contributed by atoms with E-state index in [4.69, 9.17) is 5.11 Å². The van der Waals surface area contributed by atoms with E-state index in [2.05, 4.69) is 5.32 Å². The number of alkyl halides is 3. The van der Waals surface area contributed by atoms with Gasteiger partial charge in [0.15, 0.2) is 0 Å². The second-order valence-corrected chi connectivity index (χ2v) is 4.40. The lowest BCUT2D eigenvalue weighted by Crippen LogP contribution is -2.18. The third kappa shape index (κ3) is 4.15. The molecular weight excluding hydrogens is 259 g/mol. The summed E-state index contributed by atoms with van der Waals surface area (Å²) in [6, 6.07) is 2.70. The second kappa shape index (κ2) is 5.95. The Morgan fingerprint density at radius 3 is 2.53 bits per heavy atom. The predicted octanol–water partition coefficient (Wildman–Crippen LogP) is 4.00. The Labute approximate surface area is 109 Å². The topological polar surface area (TPSA) is 49.3 Å². The molecule has 1 atom stereocenters. The summed E-state index contributed by atoms with van der Waals surface area (Å²) in [7, 11) is 0. The molecule has 0 aliphatic heterocycles. The van der Waals surface area contributed by atoms with Crippen molar-refractivity contribution in [3.63, 3.8) is 0 Å². The van der Waals surface area contributed by atoms with E-state index in [1.54, 1.807) is 0 Å². The molecule has 1 unspecified atom stereocenters. The highest BCUT2D eigenvalue weighted by Gasteiger charge is 2.31. The van der Waals surface area contributed by atoms with Gasteiger partial charge in [0.2, 0.25) is 0 Å². The van der Waals surface area contributed by atoms with Crippen molar-refractivity contribution in [1.29, 1.82) is 0 Å². The number of halogens is 3. The largest absolute Gasteiger partial charge is 0.478 e. The van der Waals surface area contributed by atoms with Crippen molar-refractivity contribution in [2.45, 2.75) is 38.9 Å². The van der Waals surface area contributed by atoms with E-state index >= 15 is 0 Å². The summed E-state index contributed by atoms with van der Waals surface area (Å²) >= 11 is 0. The average Bonchev–Trinajstić information content (AvgIpc) is 2.27. The molecule has 0 aliphatic rings. The van der Waals surface area contributed by atoms with Crippen molar-refractivity contribution in [2.75, 3.05) is 5.32 Å². The van der Waals surface area contributed by atoms with Gasteiger partial charge in [-0.25, -0.2) is 4.79 Å². The molecule has 0 amide bonds. The van der Waals surface area contributed by atoms with Crippen molar-refractivity contribution >= 4 is 11.7 Å². The van der Waals surface area contributed by atoms with Crippen molar-refractivity contribution < 1.29 is 23.1 Å². The van der Waals surface area contributed by atoms with Crippen LogP contribution in [-0.2, 0) is 6.18 Å². The number of hydrogen-bond acceptors (Lipinski definition) is 2. The number of nitrogens with one attached hydrogen (secondary N) is 1. The molecule has 0 aliphatic carbocycles. The van der Waals surface area contributed by atoms with Gasteiger partial charge < -0.3 is 10.4 Å². The maximum absolute atomic E-state index is 12.5. The minimum absolute atomic E-state index is 0.000151. The normalized spacial score (nSPS) is 13.1. The monoisotopic (exact) mass is 275 g/mol. The van der Waals surface area contributed by atoms with Crippen LogP contribution in [0.5, 0.6) is 0 Å². The Balaban J connectivity index is 3.09. The van der Waals surface area contributed by atoms with Gasteiger partial charge in [-0.15, -0.1) is 0 Å². The highest BCUT2D eigenvalue weighted by Crippen LogP contribution is 2.32. The number of carbonyl (C=O) groups is 1. The van der Waals surface area contributed by atoms with Crippen LogP contribution in [-0.4, -0.2) is 17.1 Å². The van der Waals surface area contributed by atoms with E-state index in [1.165, 1.54) is 6.07 Å². The Hall–Kier alpha value is -1.72. The van der Waals surface area contributed by atoms with Crippen LogP contribution in [0.15, 0.2) is 18.2 Å². The first kappa shape index (κ1) is 15.3. The van der Waals surface area contributed by atoms with Crippen molar-refractivity contribution in [3.05, 3.63) is 29.3 Å². The van der Waals surface area contributed by atoms with Crippen LogP contribution in [0.3, 0.4) is 0 Å². The molecule has 19 heavy (non-hydrogen) atoms. The zero-order chi connectivity index (χ0) is 14.6. The molecular formula is C13H16F3NO2. The lowest BCUT2D eigenvalue weighted by molar-refractivity contribution is -0.137. The molecule has 106 valence electrons. The number of aromatic carboxylic acids is 1. The van der Waals surface area contributed by atoms with Gasteiger partial charge in [-0.3, -0.25) is 0 Å². The fourth-order valence-electron chi connectivity index (χ4n) is 1.79. The van der Waals surface area contributed by atoms with Crippen molar-refractivity contribution in [1.82, 2.24) is 0 Å². The Morgan fingerprint density at radius 1 is 1.42 bits per heavy atom. The molecule has 1 aromatic rings. The van der Waals surface area contributed by atoms with Crippen LogP contribution >= 0.6 is 0 Å². The summed E-state index contributed by atoms with van der Waals surface area (Å²) in [5.41, 5.74) is -1.11. The average molecular weight is 275 g/mol. The standard InChI is InChI=1S/C13H16F3NO2/c1-3-4-8(2)17-11-6-5-9(13(14,15)16)7-10(11)12(18)19/h5-8,17H,3-4H2,1-2H3,(H,18,19). The van der Waals surface area contributed by atoms with Crippen LogP contribution in [0.4, 0.5) is 18.9 Å². The predicted molar refractivity (Wildman–Crippen MR) is 66.4 cm³/mol. The molecule has 0 saturated carbocycles. The number of hydrogen-bond donors (Lipinski definition) is 2. The van der Waals surface area contributed by atoms with Gasteiger partial charge in [-0.2, -0.15) is 13.2 Å². The molecule has 1 rings (SSSR count). The lowest BCUT2D eigenvalue weighted by Gasteiger charge is -2.17. The van der Waals surface area contributed by atoms with Gasteiger partial charge in [0, 0.05) is 11.7 Å². The first-order valence-corrected chi connectivity index (χ1v) is 5.96. The molecule has 6 heteroatoms. The fourth-order valence-corrected chi connectivity index (χ4v) is 1.79. The summed E-state index contributed by atoms with van der Waals surface area (Å²) in [5, 5.41) is 11.9. The van der Waals surface area contributed by atoms with Crippen molar-refractivity contribution in [2.24, 2.45) is 0 Å². The number of carboxylic acid groups (broad SMARTS) is 1. The van der Waals surface area contributed by atoms with Gasteiger partial charge in [0.25, 0.3) is 0 Å². The zero-order valence-corrected chi connectivity index (χ0v) is 10.7. The number of benzene rings is 1. The van der Waals surface area contributed by atoms with E-state index in [0.29, 0.717) is 6.07 Å². The van der Waals surface area contributed by atoms with E-state index < -0.39 is 17.7 Å². The molecule has 0 bridgehead atoms. The minimum Gasteiger partial charge on any atom is -0.478 e. The first-order chi connectivity index (χ1) is 8.75. The minimum atomic E-state index is -4.54. The van der Waals surface area contributed by atoms with Crippen molar-refractivity contribution in [3.8, 4) is 0 Å². The van der Waals surface area contributed by atoms with Gasteiger partial charge >= 0.3 is 12.1 Å².